The van der Waals surface area contributed by atoms with Crippen LogP contribution in [0.2, 0.25) is 0 Å². The number of hydrogen-bond donors (Lipinski definition) is 1. The predicted octanol–water partition coefficient (Wildman–Crippen LogP) is 0.803. The van der Waals surface area contributed by atoms with Gasteiger partial charge in [0.25, 0.3) is 0 Å². The van der Waals surface area contributed by atoms with Crippen molar-refractivity contribution < 1.29 is 4.79 Å². The molecule has 2 aliphatic rings. The van der Waals surface area contributed by atoms with Crippen LogP contribution < -0.4 is 10.2 Å². The van der Waals surface area contributed by atoms with Gasteiger partial charge in [-0.2, -0.15) is 0 Å². The molecule has 1 fully saturated rings. The molecule has 3 heterocycles. The molecule has 1 aromatic heterocycles. The van der Waals surface area contributed by atoms with Crippen molar-refractivity contribution in [2.45, 2.75) is 12.5 Å². The topological polar surface area (TPSA) is 45.2 Å². The van der Waals surface area contributed by atoms with Gasteiger partial charge in [0.05, 0.1) is 0 Å². The summed E-state index contributed by atoms with van der Waals surface area (Å²) in [5.74, 6) is 0.988. The minimum absolute atomic E-state index is 0.0868. The van der Waals surface area contributed by atoms with Crippen LogP contribution in [0.3, 0.4) is 0 Å². The molecule has 82 valence electrons. The Bertz CT molecular complexity index is 469. The lowest BCUT2D eigenvalue weighted by atomic mass is 9.92. The van der Waals surface area contributed by atoms with E-state index in [1.54, 1.807) is 6.20 Å². The van der Waals surface area contributed by atoms with Crippen molar-refractivity contribution in [3.05, 3.63) is 30.5 Å². The Hall–Kier alpha value is -1.84. The fourth-order valence-corrected chi connectivity index (χ4v) is 2.42. The normalized spacial score (nSPS) is 23.5. The summed E-state index contributed by atoms with van der Waals surface area (Å²) < 4.78 is 0. The smallest absolute Gasteiger partial charge is 0.243 e. The van der Waals surface area contributed by atoms with Gasteiger partial charge >= 0.3 is 0 Å². The Morgan fingerprint density at radius 3 is 3.31 bits per heavy atom. The zero-order valence-electron chi connectivity index (χ0n) is 8.94. The van der Waals surface area contributed by atoms with Crippen LogP contribution >= 0.6 is 0 Å². The molecule has 1 aromatic rings. The minimum Gasteiger partial charge on any atom is -0.353 e. The number of amides is 1. The van der Waals surface area contributed by atoms with E-state index in [9.17, 15) is 4.79 Å². The number of carbonyl (C=O) groups is 1. The van der Waals surface area contributed by atoms with Crippen LogP contribution in [-0.2, 0) is 4.79 Å². The third-order valence-electron chi connectivity index (χ3n) is 3.21. The molecule has 16 heavy (non-hydrogen) atoms. The molecule has 0 aromatic carbocycles. The molecular weight excluding hydrogens is 202 g/mol. The highest BCUT2D eigenvalue weighted by Gasteiger charge is 2.36. The van der Waals surface area contributed by atoms with Gasteiger partial charge in [0, 0.05) is 31.3 Å². The van der Waals surface area contributed by atoms with Gasteiger partial charge in [-0.25, -0.2) is 4.98 Å². The molecule has 4 nitrogen and oxygen atoms in total. The highest BCUT2D eigenvalue weighted by atomic mass is 16.2. The zero-order valence-corrected chi connectivity index (χ0v) is 8.94. The van der Waals surface area contributed by atoms with E-state index in [0.717, 1.165) is 23.5 Å². The van der Waals surface area contributed by atoms with E-state index in [4.69, 9.17) is 0 Å². The molecule has 0 radical (unpaired) electrons. The molecule has 1 unspecified atom stereocenters. The Balaban J connectivity index is 2.10. The van der Waals surface area contributed by atoms with Gasteiger partial charge < -0.3 is 10.2 Å². The number of anilines is 1. The van der Waals surface area contributed by atoms with Crippen molar-refractivity contribution in [2.24, 2.45) is 0 Å². The van der Waals surface area contributed by atoms with Gasteiger partial charge in [-0.1, -0.05) is 6.58 Å². The first kappa shape index (κ1) is 9.39. The number of hydrogen-bond acceptors (Lipinski definition) is 3. The fraction of sp³-hybridized carbons (Fsp3) is 0.333. The second-order valence-corrected chi connectivity index (χ2v) is 4.18. The first-order valence-electron chi connectivity index (χ1n) is 5.45. The number of carbonyl (C=O) groups excluding carboxylic acids is 1. The van der Waals surface area contributed by atoms with Crippen LogP contribution in [0.25, 0.3) is 5.57 Å². The van der Waals surface area contributed by atoms with E-state index in [1.165, 1.54) is 0 Å². The molecule has 3 rings (SSSR count). The Labute approximate surface area is 94.0 Å². The first-order valence-corrected chi connectivity index (χ1v) is 5.45. The van der Waals surface area contributed by atoms with Gasteiger partial charge in [-0.05, 0) is 17.7 Å². The molecule has 0 spiro atoms. The van der Waals surface area contributed by atoms with E-state index in [2.05, 4.69) is 21.8 Å². The van der Waals surface area contributed by atoms with Crippen molar-refractivity contribution in [3.63, 3.8) is 0 Å². The van der Waals surface area contributed by atoms with Gasteiger partial charge in [-0.15, -0.1) is 0 Å². The SMILES string of the molecule is C=C1CC2C(=O)NCCN2c2ncccc21. The van der Waals surface area contributed by atoms with Crippen molar-refractivity contribution >= 4 is 17.3 Å². The van der Waals surface area contributed by atoms with Gasteiger partial charge in [0.1, 0.15) is 11.9 Å². The van der Waals surface area contributed by atoms with Crippen LogP contribution in [0.5, 0.6) is 0 Å². The lowest BCUT2D eigenvalue weighted by Gasteiger charge is -2.40. The summed E-state index contributed by atoms with van der Waals surface area (Å²) >= 11 is 0. The van der Waals surface area contributed by atoms with E-state index in [0.29, 0.717) is 13.0 Å². The lowest BCUT2D eigenvalue weighted by molar-refractivity contribution is -0.123. The number of pyridine rings is 1. The molecule has 0 saturated carbocycles. The van der Waals surface area contributed by atoms with Crippen LogP contribution in [0.4, 0.5) is 5.82 Å². The second kappa shape index (κ2) is 3.33. The van der Waals surface area contributed by atoms with Crippen LogP contribution in [-0.4, -0.2) is 30.0 Å². The third kappa shape index (κ3) is 1.23. The summed E-state index contributed by atoms with van der Waals surface area (Å²) in [5, 5.41) is 2.88. The zero-order chi connectivity index (χ0) is 11.1. The summed E-state index contributed by atoms with van der Waals surface area (Å²) in [6, 6.07) is 3.81. The number of nitrogens with zero attached hydrogens (tertiary/aromatic N) is 2. The van der Waals surface area contributed by atoms with Crippen LogP contribution in [0.1, 0.15) is 12.0 Å². The molecule has 0 bridgehead atoms. The molecule has 1 amide bonds. The van der Waals surface area contributed by atoms with Gasteiger partial charge in [0.2, 0.25) is 5.91 Å². The van der Waals surface area contributed by atoms with Crippen molar-refractivity contribution in [1.82, 2.24) is 10.3 Å². The third-order valence-corrected chi connectivity index (χ3v) is 3.21. The maximum atomic E-state index is 11.8. The minimum atomic E-state index is -0.122. The van der Waals surface area contributed by atoms with E-state index < -0.39 is 0 Å². The number of rotatable bonds is 0. The van der Waals surface area contributed by atoms with E-state index in [-0.39, 0.29) is 11.9 Å². The van der Waals surface area contributed by atoms with Crippen molar-refractivity contribution in [3.8, 4) is 0 Å². The Morgan fingerprint density at radius 1 is 1.56 bits per heavy atom. The fourth-order valence-electron chi connectivity index (χ4n) is 2.42. The Kier molecular flexibility index (Phi) is 1.96. The second-order valence-electron chi connectivity index (χ2n) is 4.18. The average Bonchev–Trinajstić information content (AvgIpc) is 2.31. The molecular formula is C12H13N3O. The quantitative estimate of drug-likeness (QED) is 0.696. The molecule has 1 saturated heterocycles. The largest absolute Gasteiger partial charge is 0.353 e. The summed E-state index contributed by atoms with van der Waals surface area (Å²) in [6.07, 6.45) is 2.46. The van der Waals surface area contributed by atoms with Gasteiger partial charge in [0.15, 0.2) is 0 Å². The van der Waals surface area contributed by atoms with Gasteiger partial charge in [-0.3, -0.25) is 4.79 Å². The molecule has 0 aliphatic carbocycles. The van der Waals surface area contributed by atoms with E-state index in [1.807, 2.05) is 12.1 Å². The summed E-state index contributed by atoms with van der Waals surface area (Å²) in [6.45, 7) is 5.55. The van der Waals surface area contributed by atoms with Crippen LogP contribution in [0.15, 0.2) is 24.9 Å². The van der Waals surface area contributed by atoms with Crippen molar-refractivity contribution in [2.75, 3.05) is 18.0 Å². The standard InChI is InChI=1S/C12H13N3O/c1-8-7-10-12(16)14-5-6-15(10)11-9(8)3-2-4-13-11/h2-4,10H,1,5-7H2,(H,14,16). The summed E-state index contributed by atoms with van der Waals surface area (Å²) in [5.41, 5.74) is 2.08. The first-order chi connectivity index (χ1) is 7.77. The number of fused-ring (bicyclic) bond motifs is 3. The molecule has 1 N–H and O–H groups in total. The summed E-state index contributed by atoms with van der Waals surface area (Å²) in [7, 11) is 0. The molecule has 4 heteroatoms. The van der Waals surface area contributed by atoms with E-state index >= 15 is 0 Å². The lowest BCUT2D eigenvalue weighted by Crippen LogP contribution is -2.57. The predicted molar refractivity (Wildman–Crippen MR) is 62.0 cm³/mol. The number of nitrogens with one attached hydrogen (secondary N) is 1. The summed E-state index contributed by atoms with van der Waals surface area (Å²) in [4.78, 5) is 18.2. The maximum Gasteiger partial charge on any atom is 0.243 e. The highest BCUT2D eigenvalue weighted by molar-refractivity contribution is 5.92. The number of piperazine rings is 1. The van der Waals surface area contributed by atoms with Crippen molar-refractivity contribution in [1.29, 1.82) is 0 Å². The Morgan fingerprint density at radius 2 is 2.44 bits per heavy atom. The van der Waals surface area contributed by atoms with Crippen LogP contribution in [0, 0.1) is 0 Å². The number of aromatic nitrogens is 1. The highest BCUT2D eigenvalue weighted by Crippen LogP contribution is 2.35. The molecule has 2 aliphatic heterocycles. The average molecular weight is 215 g/mol. The maximum absolute atomic E-state index is 11.8. The monoisotopic (exact) mass is 215 g/mol. The molecule has 1 atom stereocenters.